The van der Waals surface area contributed by atoms with Crippen molar-refractivity contribution >= 4 is 18.3 Å². The van der Waals surface area contributed by atoms with E-state index < -0.39 is 7.12 Å². The summed E-state index contributed by atoms with van der Waals surface area (Å²) in [5, 5.41) is 26.7. The average Bonchev–Trinajstić information content (AvgIpc) is 2.17. The lowest BCUT2D eigenvalue weighted by Gasteiger charge is -2.40. The summed E-state index contributed by atoms with van der Waals surface area (Å²) in [6.07, 6.45) is 0. The first-order chi connectivity index (χ1) is 7.20. The number of aliphatic hydroxyl groups is 1. The van der Waals surface area contributed by atoms with Gasteiger partial charge in [-0.15, -0.1) is 0 Å². The molecule has 4 nitrogen and oxygen atoms in total. The molecule has 1 aliphatic heterocycles. The Labute approximate surface area is 88.9 Å². The summed E-state index contributed by atoms with van der Waals surface area (Å²) in [5.41, 5.74) is 1.56. The van der Waals surface area contributed by atoms with E-state index in [0.717, 1.165) is 18.8 Å². The molecule has 0 unspecified atom stereocenters. The molecule has 1 aromatic carbocycles. The molecule has 0 amide bonds. The Morgan fingerprint density at radius 3 is 2.27 bits per heavy atom. The molecule has 1 heterocycles. The second kappa shape index (κ2) is 4.22. The van der Waals surface area contributed by atoms with Gasteiger partial charge in [0, 0.05) is 31.3 Å². The fraction of sp³-hybridized carbons (Fsp3) is 0.400. The molecule has 1 fully saturated rings. The first kappa shape index (κ1) is 10.5. The van der Waals surface area contributed by atoms with Crippen LogP contribution < -0.4 is 10.4 Å². The molecule has 3 N–H and O–H groups in total. The van der Waals surface area contributed by atoms with Gasteiger partial charge in [0.2, 0.25) is 0 Å². The van der Waals surface area contributed by atoms with Gasteiger partial charge in [-0.1, -0.05) is 12.1 Å². The van der Waals surface area contributed by atoms with Crippen molar-refractivity contribution in [3.8, 4) is 0 Å². The topological polar surface area (TPSA) is 63.9 Å². The van der Waals surface area contributed by atoms with E-state index in [4.69, 9.17) is 15.2 Å². The maximum Gasteiger partial charge on any atom is 0.488 e. The van der Waals surface area contributed by atoms with E-state index in [1.807, 2.05) is 12.1 Å². The lowest BCUT2D eigenvalue weighted by atomic mass is 9.80. The van der Waals surface area contributed by atoms with E-state index in [9.17, 15) is 0 Å². The Hall–Kier alpha value is -1.04. The van der Waals surface area contributed by atoms with E-state index in [0.29, 0.717) is 11.4 Å². The predicted octanol–water partition coefficient (Wildman–Crippen LogP) is -1.21. The zero-order chi connectivity index (χ0) is 10.8. The largest absolute Gasteiger partial charge is 0.488 e. The molecule has 1 aliphatic rings. The lowest BCUT2D eigenvalue weighted by Crippen LogP contribution is -2.48. The van der Waals surface area contributed by atoms with Crippen molar-refractivity contribution in [2.75, 3.05) is 24.6 Å². The van der Waals surface area contributed by atoms with Gasteiger partial charge in [0.15, 0.2) is 0 Å². The van der Waals surface area contributed by atoms with Gasteiger partial charge in [-0.25, -0.2) is 0 Å². The van der Waals surface area contributed by atoms with Gasteiger partial charge < -0.3 is 20.1 Å². The molecular formula is C10H14BNO3. The molecule has 80 valence electrons. The van der Waals surface area contributed by atoms with E-state index in [1.54, 1.807) is 12.1 Å². The van der Waals surface area contributed by atoms with Gasteiger partial charge in [0.1, 0.15) is 0 Å². The summed E-state index contributed by atoms with van der Waals surface area (Å²) in [7, 11) is -1.40. The zero-order valence-electron chi connectivity index (χ0n) is 8.37. The molecule has 1 saturated heterocycles. The SMILES string of the molecule is OCC1CN(c2ccc(B(O)O)cc2)C1. The molecule has 0 atom stereocenters. The van der Waals surface area contributed by atoms with Crippen molar-refractivity contribution < 1.29 is 15.2 Å². The summed E-state index contributed by atoms with van der Waals surface area (Å²) < 4.78 is 0. The molecule has 5 heteroatoms. The number of rotatable bonds is 3. The third-order valence-corrected chi connectivity index (χ3v) is 2.77. The minimum absolute atomic E-state index is 0.240. The number of benzene rings is 1. The first-order valence-electron chi connectivity index (χ1n) is 5.02. The van der Waals surface area contributed by atoms with Gasteiger partial charge >= 0.3 is 7.12 Å². The molecular weight excluding hydrogens is 193 g/mol. The summed E-state index contributed by atoms with van der Waals surface area (Å²) >= 11 is 0. The first-order valence-corrected chi connectivity index (χ1v) is 5.02. The zero-order valence-corrected chi connectivity index (χ0v) is 8.37. The number of nitrogens with zero attached hydrogens (tertiary/aromatic N) is 1. The van der Waals surface area contributed by atoms with Crippen LogP contribution in [0.3, 0.4) is 0 Å². The second-order valence-corrected chi connectivity index (χ2v) is 3.92. The average molecular weight is 207 g/mol. The Bertz CT molecular complexity index is 322. The molecule has 1 aromatic rings. The molecule has 2 rings (SSSR count). The Morgan fingerprint density at radius 2 is 1.80 bits per heavy atom. The van der Waals surface area contributed by atoms with Crippen molar-refractivity contribution in [3.05, 3.63) is 24.3 Å². The molecule has 0 spiro atoms. The van der Waals surface area contributed by atoms with Crippen LogP contribution in [0.1, 0.15) is 0 Å². The van der Waals surface area contributed by atoms with Crippen LogP contribution in [0.25, 0.3) is 0 Å². The summed E-state index contributed by atoms with van der Waals surface area (Å²) in [5.74, 6) is 0.383. The maximum absolute atomic E-state index is 8.91. The highest BCUT2D eigenvalue weighted by molar-refractivity contribution is 6.58. The highest BCUT2D eigenvalue weighted by Crippen LogP contribution is 2.23. The Morgan fingerprint density at radius 1 is 1.20 bits per heavy atom. The van der Waals surface area contributed by atoms with Crippen LogP contribution in [0.5, 0.6) is 0 Å². The fourth-order valence-electron chi connectivity index (χ4n) is 1.75. The van der Waals surface area contributed by atoms with Crippen LogP contribution >= 0.6 is 0 Å². The lowest BCUT2D eigenvalue weighted by molar-refractivity contribution is 0.201. The highest BCUT2D eigenvalue weighted by Gasteiger charge is 2.26. The summed E-state index contributed by atoms with van der Waals surface area (Å²) in [6, 6.07) is 7.13. The van der Waals surface area contributed by atoms with E-state index in [1.165, 1.54) is 0 Å². The van der Waals surface area contributed by atoms with Crippen LogP contribution in [-0.2, 0) is 0 Å². The number of anilines is 1. The van der Waals surface area contributed by atoms with E-state index in [2.05, 4.69) is 4.90 Å². The van der Waals surface area contributed by atoms with Gasteiger partial charge in [0.25, 0.3) is 0 Å². The van der Waals surface area contributed by atoms with E-state index in [-0.39, 0.29) is 6.61 Å². The van der Waals surface area contributed by atoms with Gasteiger partial charge in [0.05, 0.1) is 0 Å². The van der Waals surface area contributed by atoms with Crippen molar-refractivity contribution in [1.29, 1.82) is 0 Å². The number of hydrogen-bond donors (Lipinski definition) is 3. The molecule has 0 bridgehead atoms. The molecule has 0 aliphatic carbocycles. The quantitative estimate of drug-likeness (QED) is 0.544. The monoisotopic (exact) mass is 207 g/mol. The van der Waals surface area contributed by atoms with Crippen LogP contribution in [0.15, 0.2) is 24.3 Å². The van der Waals surface area contributed by atoms with E-state index >= 15 is 0 Å². The summed E-state index contributed by atoms with van der Waals surface area (Å²) in [4.78, 5) is 2.15. The van der Waals surface area contributed by atoms with Crippen molar-refractivity contribution in [2.45, 2.75) is 0 Å². The van der Waals surface area contributed by atoms with Gasteiger partial charge in [-0.3, -0.25) is 0 Å². The maximum atomic E-state index is 8.91. The summed E-state index contributed by atoms with van der Waals surface area (Å²) in [6.45, 7) is 1.99. The van der Waals surface area contributed by atoms with Gasteiger partial charge in [-0.05, 0) is 17.6 Å². The highest BCUT2D eigenvalue weighted by atomic mass is 16.4. The third-order valence-electron chi connectivity index (χ3n) is 2.77. The Kier molecular flexibility index (Phi) is 2.95. The Balaban J connectivity index is 1.99. The third kappa shape index (κ3) is 2.14. The smallest absolute Gasteiger partial charge is 0.423 e. The minimum Gasteiger partial charge on any atom is -0.423 e. The minimum atomic E-state index is -1.40. The van der Waals surface area contributed by atoms with Crippen LogP contribution in [0.2, 0.25) is 0 Å². The van der Waals surface area contributed by atoms with Crippen molar-refractivity contribution in [2.24, 2.45) is 5.92 Å². The predicted molar refractivity (Wildman–Crippen MR) is 59.1 cm³/mol. The molecule has 0 aromatic heterocycles. The van der Waals surface area contributed by atoms with Crippen LogP contribution in [0, 0.1) is 5.92 Å². The molecule has 0 saturated carbocycles. The fourth-order valence-corrected chi connectivity index (χ4v) is 1.75. The number of hydrogen-bond acceptors (Lipinski definition) is 4. The second-order valence-electron chi connectivity index (χ2n) is 3.92. The standard InChI is InChI=1S/C10H14BNO3/c13-7-8-5-12(6-8)10-3-1-9(2-4-10)11(14)15/h1-4,8,13-15H,5-7H2. The number of aliphatic hydroxyl groups excluding tert-OH is 1. The van der Waals surface area contributed by atoms with Gasteiger partial charge in [-0.2, -0.15) is 0 Å². The van der Waals surface area contributed by atoms with Crippen molar-refractivity contribution in [3.63, 3.8) is 0 Å². The van der Waals surface area contributed by atoms with Crippen LogP contribution in [0.4, 0.5) is 5.69 Å². The molecule has 15 heavy (non-hydrogen) atoms. The van der Waals surface area contributed by atoms with Crippen LogP contribution in [-0.4, -0.2) is 42.0 Å². The molecule has 0 radical (unpaired) electrons. The van der Waals surface area contributed by atoms with Crippen molar-refractivity contribution in [1.82, 2.24) is 0 Å². The normalized spacial score (nSPS) is 16.3.